The summed E-state index contributed by atoms with van der Waals surface area (Å²) >= 11 is 0. The number of ether oxygens (including phenoxy) is 1. The molecule has 3 aromatic carbocycles. The van der Waals surface area contributed by atoms with Crippen LogP contribution in [0.1, 0.15) is 39.2 Å². The van der Waals surface area contributed by atoms with Gasteiger partial charge in [-0.15, -0.1) is 0 Å². The number of amides is 2. The third kappa shape index (κ3) is 4.83. The minimum Gasteiger partial charge on any atom is -0.495 e. The number of urea groups is 1. The molecular weight excluding hydrogens is 490 g/mol. The topological polar surface area (TPSA) is 106 Å². The summed E-state index contributed by atoms with van der Waals surface area (Å²) < 4.78 is 7.46. The number of rotatable bonds is 6. The van der Waals surface area contributed by atoms with Gasteiger partial charge in [0.15, 0.2) is 17.0 Å². The number of imidazole rings is 1. The Morgan fingerprint density at radius 2 is 1.72 bits per heavy atom. The summed E-state index contributed by atoms with van der Waals surface area (Å²) in [4.78, 5) is 26.7. The first kappa shape index (κ1) is 24.7. The molecule has 0 aliphatic heterocycles. The van der Waals surface area contributed by atoms with Crippen molar-refractivity contribution < 1.29 is 9.53 Å². The minimum absolute atomic E-state index is 0.0671. The molecule has 9 heteroatoms. The first-order chi connectivity index (χ1) is 18.8. The van der Waals surface area contributed by atoms with Gasteiger partial charge in [0.25, 0.3) is 0 Å². The number of methoxy groups -OCH3 is 1. The average Bonchev–Trinajstić information content (AvgIpc) is 3.64. The monoisotopic (exact) mass is 521 g/mol. The molecule has 2 amide bonds. The Bertz CT molecular complexity index is 1700. The Morgan fingerprint density at radius 3 is 2.46 bits per heavy atom. The summed E-state index contributed by atoms with van der Waals surface area (Å²) in [5.41, 5.74) is 4.71. The quantitative estimate of drug-likeness (QED) is 0.236. The maximum Gasteiger partial charge on any atom is 0.323 e. The molecule has 2 aromatic heterocycles. The molecular formula is C30H31N7O2. The van der Waals surface area contributed by atoms with Crippen LogP contribution in [0.25, 0.3) is 27.6 Å². The predicted molar refractivity (Wildman–Crippen MR) is 155 cm³/mol. The summed E-state index contributed by atoms with van der Waals surface area (Å²) in [6, 6.07) is 17.8. The van der Waals surface area contributed by atoms with E-state index in [1.54, 1.807) is 19.8 Å². The maximum absolute atomic E-state index is 13.2. The van der Waals surface area contributed by atoms with Gasteiger partial charge in [-0.1, -0.05) is 51.1 Å². The summed E-state index contributed by atoms with van der Waals surface area (Å²) in [5.74, 6) is 1.36. The van der Waals surface area contributed by atoms with E-state index in [2.05, 4.69) is 51.7 Å². The van der Waals surface area contributed by atoms with E-state index >= 15 is 0 Å². The zero-order valence-electron chi connectivity index (χ0n) is 22.4. The van der Waals surface area contributed by atoms with Crippen molar-refractivity contribution in [2.75, 3.05) is 23.1 Å². The van der Waals surface area contributed by atoms with E-state index in [9.17, 15) is 4.79 Å². The molecule has 3 N–H and O–H groups in total. The highest BCUT2D eigenvalue weighted by Gasteiger charge is 2.24. The zero-order valence-corrected chi connectivity index (χ0v) is 22.4. The van der Waals surface area contributed by atoms with Crippen molar-refractivity contribution in [1.82, 2.24) is 19.5 Å². The number of nitrogens with zero attached hydrogens (tertiary/aromatic N) is 4. The molecule has 0 atom stereocenters. The molecule has 5 aromatic rings. The average molecular weight is 522 g/mol. The van der Waals surface area contributed by atoms with Gasteiger partial charge in [0.1, 0.15) is 18.4 Å². The first-order valence-electron chi connectivity index (χ1n) is 13.0. The Kier molecular flexibility index (Phi) is 6.06. The van der Waals surface area contributed by atoms with Crippen LogP contribution in [0.5, 0.6) is 5.75 Å². The van der Waals surface area contributed by atoms with Crippen molar-refractivity contribution in [2.24, 2.45) is 0 Å². The molecule has 0 bridgehead atoms. The molecule has 0 unspecified atom stereocenters. The molecule has 9 nitrogen and oxygen atoms in total. The van der Waals surface area contributed by atoms with Crippen LogP contribution >= 0.6 is 0 Å². The van der Waals surface area contributed by atoms with Crippen molar-refractivity contribution in [2.45, 2.75) is 45.1 Å². The molecule has 1 aliphatic rings. The second-order valence-electron chi connectivity index (χ2n) is 10.8. The highest BCUT2D eigenvalue weighted by molar-refractivity contribution is 6.08. The molecule has 0 spiro atoms. The third-order valence-corrected chi connectivity index (χ3v) is 6.97. The summed E-state index contributed by atoms with van der Waals surface area (Å²) in [6.07, 6.45) is 5.63. The number of carbonyl (C=O) groups is 1. The zero-order chi connectivity index (χ0) is 27.1. The second kappa shape index (κ2) is 9.58. The van der Waals surface area contributed by atoms with Gasteiger partial charge in [-0.05, 0) is 48.1 Å². The molecule has 2 heterocycles. The van der Waals surface area contributed by atoms with Gasteiger partial charge in [-0.3, -0.25) is 4.57 Å². The first-order valence-corrected chi connectivity index (χ1v) is 13.0. The number of nitrogens with one attached hydrogen (secondary N) is 3. The Hall–Kier alpha value is -4.66. The molecule has 1 aliphatic carbocycles. The van der Waals surface area contributed by atoms with Crippen LogP contribution in [0.15, 0.2) is 67.3 Å². The normalized spacial score (nSPS) is 13.4. The summed E-state index contributed by atoms with van der Waals surface area (Å²) in [6.45, 7) is 6.39. The molecule has 1 fully saturated rings. The summed E-state index contributed by atoms with van der Waals surface area (Å²) in [7, 11) is 1.59. The third-order valence-electron chi connectivity index (χ3n) is 6.97. The predicted octanol–water partition coefficient (Wildman–Crippen LogP) is 6.49. The van der Waals surface area contributed by atoms with Gasteiger partial charge in [0.05, 0.1) is 24.2 Å². The van der Waals surface area contributed by atoms with E-state index in [0.717, 1.165) is 51.8 Å². The van der Waals surface area contributed by atoms with Gasteiger partial charge in [-0.2, -0.15) is 0 Å². The fraction of sp³-hybridized carbons (Fsp3) is 0.267. The van der Waals surface area contributed by atoms with E-state index < -0.39 is 0 Å². The Balaban J connectivity index is 1.32. The van der Waals surface area contributed by atoms with Crippen LogP contribution in [0.2, 0.25) is 0 Å². The number of fused-ring (bicyclic) bond motifs is 2. The van der Waals surface area contributed by atoms with Crippen molar-refractivity contribution in [1.29, 1.82) is 0 Å². The molecule has 1 saturated carbocycles. The highest BCUT2D eigenvalue weighted by atomic mass is 16.5. The number of hydrogen-bond donors (Lipinski definition) is 3. The van der Waals surface area contributed by atoms with E-state index in [0.29, 0.717) is 23.2 Å². The van der Waals surface area contributed by atoms with E-state index in [1.807, 2.05) is 59.2 Å². The molecule has 6 rings (SSSR count). The lowest BCUT2D eigenvalue weighted by Gasteiger charge is -2.21. The molecule has 0 radical (unpaired) electrons. The number of carbonyl (C=O) groups excluding carboxylic acids is 1. The van der Waals surface area contributed by atoms with E-state index in [-0.39, 0.29) is 11.4 Å². The maximum atomic E-state index is 13.2. The highest BCUT2D eigenvalue weighted by Crippen LogP contribution is 2.34. The van der Waals surface area contributed by atoms with Crippen LogP contribution in [0.4, 0.5) is 22.0 Å². The van der Waals surface area contributed by atoms with Crippen LogP contribution in [-0.2, 0) is 5.41 Å². The van der Waals surface area contributed by atoms with Crippen molar-refractivity contribution in [3.8, 4) is 11.4 Å². The van der Waals surface area contributed by atoms with Gasteiger partial charge in [0, 0.05) is 16.8 Å². The van der Waals surface area contributed by atoms with E-state index in [4.69, 9.17) is 4.74 Å². The lowest BCUT2D eigenvalue weighted by atomic mass is 9.87. The minimum atomic E-state index is -0.353. The second-order valence-corrected chi connectivity index (χ2v) is 10.8. The van der Waals surface area contributed by atoms with Gasteiger partial charge < -0.3 is 20.7 Å². The Morgan fingerprint density at radius 1 is 0.949 bits per heavy atom. The SMILES string of the molecule is COc1ccc(C(C)(C)C)cc1NC(=O)Nc1ccc(-n2cnc3c(NC4CC4)ncnc32)c2ccccc12. The summed E-state index contributed by atoms with van der Waals surface area (Å²) in [5, 5.41) is 11.3. The molecule has 0 saturated heterocycles. The van der Waals surface area contributed by atoms with Crippen LogP contribution in [0, 0.1) is 0 Å². The largest absolute Gasteiger partial charge is 0.495 e. The van der Waals surface area contributed by atoms with E-state index in [1.165, 1.54) is 0 Å². The smallest absolute Gasteiger partial charge is 0.323 e. The van der Waals surface area contributed by atoms with Gasteiger partial charge >= 0.3 is 6.03 Å². The molecule has 39 heavy (non-hydrogen) atoms. The number of hydrogen-bond acceptors (Lipinski definition) is 6. The van der Waals surface area contributed by atoms with Gasteiger partial charge in [-0.25, -0.2) is 19.7 Å². The van der Waals surface area contributed by atoms with Crippen molar-refractivity contribution >= 4 is 45.2 Å². The fourth-order valence-corrected chi connectivity index (χ4v) is 4.69. The standard InChI is InChI=1S/C30H31N7O2/c1-30(2,3)18-9-14-25(39-4)23(15-18)36-29(38)35-22-12-13-24(21-8-6-5-7-20(21)22)37-17-33-26-27(34-19-10-11-19)31-16-32-28(26)37/h5-9,12-17,19H,10-11H2,1-4H3,(H,31,32,34)(H2,35,36,38). The number of aromatic nitrogens is 4. The number of benzene rings is 3. The van der Waals surface area contributed by atoms with Crippen molar-refractivity contribution in [3.63, 3.8) is 0 Å². The lowest BCUT2D eigenvalue weighted by molar-refractivity contribution is 0.262. The van der Waals surface area contributed by atoms with Crippen LogP contribution in [-0.4, -0.2) is 38.7 Å². The van der Waals surface area contributed by atoms with Crippen LogP contribution < -0.4 is 20.7 Å². The fourth-order valence-electron chi connectivity index (χ4n) is 4.69. The lowest BCUT2D eigenvalue weighted by Crippen LogP contribution is -2.21. The number of anilines is 3. The van der Waals surface area contributed by atoms with Crippen molar-refractivity contribution in [3.05, 3.63) is 72.8 Å². The molecule has 198 valence electrons. The van der Waals surface area contributed by atoms with Gasteiger partial charge in [0.2, 0.25) is 0 Å². The Labute approximate surface area is 226 Å². The van der Waals surface area contributed by atoms with Crippen LogP contribution in [0.3, 0.4) is 0 Å².